The SMILES string of the molecule is Nc1nc2cc(Br)c(F)cc2n1C1CC2CCC1C2. The van der Waals surface area contributed by atoms with Crippen LogP contribution in [-0.4, -0.2) is 9.55 Å². The van der Waals surface area contributed by atoms with Crippen molar-refractivity contribution in [3.05, 3.63) is 22.4 Å². The number of rotatable bonds is 1. The lowest BCUT2D eigenvalue weighted by molar-refractivity contribution is 0.339. The molecular formula is C14H15BrFN3. The molecule has 3 unspecified atom stereocenters. The van der Waals surface area contributed by atoms with Crippen LogP contribution in [0.25, 0.3) is 11.0 Å². The molecule has 3 nitrogen and oxygen atoms in total. The van der Waals surface area contributed by atoms with E-state index in [1.807, 2.05) is 0 Å². The second kappa shape index (κ2) is 3.95. The van der Waals surface area contributed by atoms with Crippen LogP contribution < -0.4 is 5.73 Å². The van der Waals surface area contributed by atoms with Gasteiger partial charge in [-0.2, -0.15) is 0 Å². The fourth-order valence-electron chi connectivity index (χ4n) is 3.98. The minimum Gasteiger partial charge on any atom is -0.369 e. The predicted octanol–water partition coefficient (Wildman–Crippen LogP) is 3.88. The molecule has 0 aliphatic heterocycles. The Morgan fingerprint density at radius 3 is 2.84 bits per heavy atom. The average Bonchev–Trinajstić information content (AvgIpc) is 3.03. The Morgan fingerprint density at radius 1 is 1.32 bits per heavy atom. The number of fused-ring (bicyclic) bond motifs is 3. The van der Waals surface area contributed by atoms with Crippen LogP contribution in [0.4, 0.5) is 10.3 Å². The molecular weight excluding hydrogens is 309 g/mol. The molecule has 0 amide bonds. The summed E-state index contributed by atoms with van der Waals surface area (Å²) in [6, 6.07) is 3.67. The monoisotopic (exact) mass is 323 g/mol. The van der Waals surface area contributed by atoms with Gasteiger partial charge in [0.25, 0.3) is 0 Å². The van der Waals surface area contributed by atoms with Crippen LogP contribution in [0.2, 0.25) is 0 Å². The van der Waals surface area contributed by atoms with Crippen LogP contribution in [-0.2, 0) is 0 Å². The van der Waals surface area contributed by atoms with Crippen LogP contribution in [0.1, 0.15) is 31.7 Å². The summed E-state index contributed by atoms with van der Waals surface area (Å²) in [7, 11) is 0. The van der Waals surface area contributed by atoms with Crippen molar-refractivity contribution in [2.24, 2.45) is 11.8 Å². The fraction of sp³-hybridized carbons (Fsp3) is 0.500. The van der Waals surface area contributed by atoms with E-state index in [0.29, 0.717) is 22.4 Å². The Labute approximate surface area is 119 Å². The molecule has 100 valence electrons. The van der Waals surface area contributed by atoms with Crippen LogP contribution in [0.5, 0.6) is 0 Å². The summed E-state index contributed by atoms with van der Waals surface area (Å²) in [5.41, 5.74) is 7.68. The summed E-state index contributed by atoms with van der Waals surface area (Å²) in [6.07, 6.45) is 5.07. The van der Waals surface area contributed by atoms with Crippen molar-refractivity contribution in [2.75, 3.05) is 5.73 Å². The van der Waals surface area contributed by atoms with Crippen molar-refractivity contribution in [1.29, 1.82) is 0 Å². The van der Waals surface area contributed by atoms with E-state index in [0.717, 1.165) is 23.4 Å². The smallest absolute Gasteiger partial charge is 0.201 e. The molecule has 2 fully saturated rings. The molecule has 1 heterocycles. The average molecular weight is 324 g/mol. The first-order chi connectivity index (χ1) is 9.13. The first kappa shape index (κ1) is 11.7. The predicted molar refractivity (Wildman–Crippen MR) is 76.3 cm³/mol. The van der Waals surface area contributed by atoms with Gasteiger partial charge >= 0.3 is 0 Å². The maximum absolute atomic E-state index is 13.8. The van der Waals surface area contributed by atoms with E-state index in [1.165, 1.54) is 19.3 Å². The molecule has 3 atom stereocenters. The standard InChI is InChI=1S/C14H15BrFN3/c15-9-5-11-13(6-10(9)16)19(14(17)18-11)12-4-7-1-2-8(12)3-7/h5-8,12H,1-4H2,(H2,17,18). The lowest BCUT2D eigenvalue weighted by Gasteiger charge is -2.24. The molecule has 0 spiro atoms. The van der Waals surface area contributed by atoms with Gasteiger partial charge in [-0.25, -0.2) is 9.37 Å². The fourth-order valence-corrected chi connectivity index (χ4v) is 4.32. The highest BCUT2D eigenvalue weighted by atomic mass is 79.9. The maximum atomic E-state index is 13.8. The number of hydrogen-bond acceptors (Lipinski definition) is 2. The Kier molecular flexibility index (Phi) is 2.43. The number of benzene rings is 1. The van der Waals surface area contributed by atoms with Gasteiger partial charge in [-0.15, -0.1) is 0 Å². The Hall–Kier alpha value is -1.10. The van der Waals surface area contributed by atoms with Crippen LogP contribution >= 0.6 is 15.9 Å². The zero-order chi connectivity index (χ0) is 13.1. The molecule has 2 aromatic rings. The molecule has 1 aromatic carbocycles. The van der Waals surface area contributed by atoms with Crippen molar-refractivity contribution in [2.45, 2.75) is 31.7 Å². The van der Waals surface area contributed by atoms with Gasteiger partial charge < -0.3 is 10.3 Å². The van der Waals surface area contributed by atoms with E-state index in [1.54, 1.807) is 12.1 Å². The van der Waals surface area contributed by atoms with E-state index in [-0.39, 0.29) is 5.82 Å². The lowest BCUT2D eigenvalue weighted by Crippen LogP contribution is -2.18. The highest BCUT2D eigenvalue weighted by molar-refractivity contribution is 9.10. The molecule has 19 heavy (non-hydrogen) atoms. The van der Waals surface area contributed by atoms with Gasteiger partial charge in [-0.1, -0.05) is 6.42 Å². The molecule has 2 N–H and O–H groups in total. The van der Waals surface area contributed by atoms with E-state index < -0.39 is 0 Å². The molecule has 5 heteroatoms. The Morgan fingerprint density at radius 2 is 2.16 bits per heavy atom. The third-order valence-electron chi connectivity index (χ3n) is 4.79. The van der Waals surface area contributed by atoms with Crippen molar-refractivity contribution in [3.8, 4) is 0 Å². The summed E-state index contributed by atoms with van der Waals surface area (Å²) in [5, 5.41) is 0. The molecule has 0 saturated heterocycles. The van der Waals surface area contributed by atoms with Gasteiger partial charge in [0.1, 0.15) is 5.82 Å². The maximum Gasteiger partial charge on any atom is 0.201 e. The lowest BCUT2D eigenvalue weighted by atomic mass is 9.95. The Balaban J connectivity index is 1.89. The van der Waals surface area contributed by atoms with Crippen molar-refractivity contribution in [1.82, 2.24) is 9.55 Å². The van der Waals surface area contributed by atoms with Gasteiger partial charge in [0.2, 0.25) is 5.95 Å². The molecule has 2 aliphatic carbocycles. The van der Waals surface area contributed by atoms with Crippen molar-refractivity contribution >= 4 is 32.9 Å². The molecule has 2 bridgehead atoms. The van der Waals surface area contributed by atoms with Gasteiger partial charge in [0, 0.05) is 12.1 Å². The summed E-state index contributed by atoms with van der Waals surface area (Å²) >= 11 is 3.20. The first-order valence-electron chi connectivity index (χ1n) is 6.76. The first-order valence-corrected chi connectivity index (χ1v) is 7.55. The summed E-state index contributed by atoms with van der Waals surface area (Å²) < 4.78 is 16.3. The van der Waals surface area contributed by atoms with Crippen LogP contribution in [0.15, 0.2) is 16.6 Å². The van der Waals surface area contributed by atoms with E-state index in [2.05, 4.69) is 25.5 Å². The van der Waals surface area contributed by atoms with E-state index >= 15 is 0 Å². The molecule has 0 radical (unpaired) electrons. The van der Waals surface area contributed by atoms with Gasteiger partial charge in [-0.3, -0.25) is 0 Å². The number of hydrogen-bond donors (Lipinski definition) is 1. The molecule has 1 aromatic heterocycles. The van der Waals surface area contributed by atoms with Gasteiger partial charge in [-0.05, 0) is 53.1 Å². The zero-order valence-corrected chi connectivity index (χ0v) is 12.0. The molecule has 2 aliphatic rings. The van der Waals surface area contributed by atoms with Gasteiger partial charge in [0.05, 0.1) is 15.5 Å². The van der Waals surface area contributed by atoms with Gasteiger partial charge in [0.15, 0.2) is 0 Å². The van der Waals surface area contributed by atoms with Crippen LogP contribution in [0, 0.1) is 17.7 Å². The molecule has 4 rings (SSSR count). The third kappa shape index (κ3) is 1.64. The number of nitrogens with zero attached hydrogens (tertiary/aromatic N) is 2. The zero-order valence-electron chi connectivity index (χ0n) is 10.4. The summed E-state index contributed by atoms with van der Waals surface area (Å²) in [5.74, 6) is 1.78. The number of halogens is 2. The third-order valence-corrected chi connectivity index (χ3v) is 5.40. The second-order valence-corrected chi connectivity index (χ2v) is 6.69. The number of anilines is 1. The van der Waals surface area contributed by atoms with E-state index in [4.69, 9.17) is 5.73 Å². The van der Waals surface area contributed by atoms with E-state index in [9.17, 15) is 4.39 Å². The minimum atomic E-state index is -0.253. The van der Waals surface area contributed by atoms with Crippen molar-refractivity contribution < 1.29 is 4.39 Å². The summed E-state index contributed by atoms with van der Waals surface area (Å²) in [4.78, 5) is 4.39. The molecule has 2 saturated carbocycles. The van der Waals surface area contributed by atoms with Crippen molar-refractivity contribution in [3.63, 3.8) is 0 Å². The number of aromatic nitrogens is 2. The van der Waals surface area contributed by atoms with Crippen LogP contribution in [0.3, 0.4) is 0 Å². The summed E-state index contributed by atoms with van der Waals surface area (Å²) in [6.45, 7) is 0. The minimum absolute atomic E-state index is 0.253. The normalized spacial score (nSPS) is 29.5. The second-order valence-electron chi connectivity index (χ2n) is 5.84. The topological polar surface area (TPSA) is 43.8 Å². The quantitative estimate of drug-likeness (QED) is 0.865. The Bertz CT molecular complexity index is 666. The highest BCUT2D eigenvalue weighted by Gasteiger charge is 2.41. The highest BCUT2D eigenvalue weighted by Crippen LogP contribution is 2.52. The number of nitrogens with two attached hydrogens (primary N) is 1. The number of imidazole rings is 1. The number of nitrogen functional groups attached to an aromatic ring is 1. The largest absolute Gasteiger partial charge is 0.369 e.